The fraction of sp³-hybridized carbons (Fsp3) is 0.667. The Morgan fingerprint density at radius 3 is 2.38 bits per heavy atom. The van der Waals surface area contributed by atoms with Crippen molar-refractivity contribution < 1.29 is 26.4 Å². The first-order chi connectivity index (χ1) is 13.3. The van der Waals surface area contributed by atoms with Gasteiger partial charge in [0.15, 0.2) is 15.6 Å². The van der Waals surface area contributed by atoms with Gasteiger partial charge in [0.05, 0.1) is 20.7 Å². The normalized spacial score (nSPS) is 24.1. The maximum atomic E-state index is 13.1. The zero-order valence-electron chi connectivity index (χ0n) is 16.8. The van der Waals surface area contributed by atoms with Crippen LogP contribution in [-0.4, -0.2) is 24.5 Å². The zero-order valence-corrected chi connectivity index (χ0v) is 17.6. The van der Waals surface area contributed by atoms with Gasteiger partial charge in [0.1, 0.15) is 0 Å². The predicted octanol–water partition coefficient (Wildman–Crippen LogP) is 4.51. The van der Waals surface area contributed by atoms with Crippen LogP contribution in [0.3, 0.4) is 0 Å². The van der Waals surface area contributed by atoms with Crippen molar-refractivity contribution in [2.45, 2.75) is 80.2 Å². The summed E-state index contributed by atoms with van der Waals surface area (Å²) in [4.78, 5) is 11.7. The second kappa shape index (κ2) is 7.38. The van der Waals surface area contributed by atoms with Crippen LogP contribution in [0.2, 0.25) is 0 Å². The number of alkyl halides is 3. The van der Waals surface area contributed by atoms with Gasteiger partial charge in [-0.15, -0.1) is 0 Å². The summed E-state index contributed by atoms with van der Waals surface area (Å²) < 4.78 is 63.9. The summed E-state index contributed by atoms with van der Waals surface area (Å²) in [6.45, 7) is 3.19. The molecule has 2 aliphatic rings. The van der Waals surface area contributed by atoms with Crippen molar-refractivity contribution in [3.8, 4) is 0 Å². The van der Waals surface area contributed by atoms with Crippen molar-refractivity contribution >= 4 is 15.6 Å². The quantitative estimate of drug-likeness (QED) is 0.657. The van der Waals surface area contributed by atoms with Crippen LogP contribution in [-0.2, 0) is 20.8 Å². The molecule has 1 aromatic carbocycles. The first-order valence-corrected chi connectivity index (χ1v) is 11.5. The molecule has 3 rings (SSSR count). The van der Waals surface area contributed by atoms with E-state index in [2.05, 4.69) is 0 Å². The number of carbonyl (C=O) groups excluding carboxylic acids is 1. The summed E-state index contributed by atoms with van der Waals surface area (Å²) in [7, 11) is -3.92. The standard InChI is InChI=1S/C21H28F3NO3S/c1-19(2,29(27,28)17-7-4-6-15(13-17)21(22,23)24)16-11-14(12-16)5-3-8-18(26)20(25)9-10-20/h4,6-7,13-14,16H,3,5,8-12,25H2,1-2H3. The van der Waals surface area contributed by atoms with Gasteiger partial charge in [-0.3, -0.25) is 4.79 Å². The van der Waals surface area contributed by atoms with Gasteiger partial charge in [-0.05, 0) is 76.0 Å². The minimum absolute atomic E-state index is 0.112. The molecule has 4 nitrogen and oxygen atoms in total. The zero-order chi connectivity index (χ0) is 21.7. The highest BCUT2D eigenvalue weighted by molar-refractivity contribution is 7.92. The molecule has 2 saturated carbocycles. The highest BCUT2D eigenvalue weighted by Crippen LogP contribution is 2.48. The van der Waals surface area contributed by atoms with E-state index < -0.39 is 31.9 Å². The van der Waals surface area contributed by atoms with Crippen molar-refractivity contribution in [2.75, 3.05) is 0 Å². The smallest absolute Gasteiger partial charge is 0.319 e. The van der Waals surface area contributed by atoms with Crippen LogP contribution in [0.1, 0.15) is 64.4 Å². The third-order valence-corrected chi connectivity index (χ3v) is 9.34. The molecule has 2 aliphatic carbocycles. The molecule has 2 fully saturated rings. The molecular formula is C21H28F3NO3S. The fourth-order valence-corrected chi connectivity index (χ4v) is 5.89. The molecule has 0 saturated heterocycles. The first-order valence-electron chi connectivity index (χ1n) is 10.0. The molecule has 2 N–H and O–H groups in total. The number of rotatable bonds is 8. The summed E-state index contributed by atoms with van der Waals surface area (Å²) in [5, 5.41) is 0. The predicted molar refractivity (Wildman–Crippen MR) is 104 cm³/mol. The average molecular weight is 432 g/mol. The van der Waals surface area contributed by atoms with Gasteiger partial charge in [0.25, 0.3) is 0 Å². The molecule has 0 aliphatic heterocycles. The number of sulfone groups is 1. The highest BCUT2D eigenvalue weighted by Gasteiger charge is 2.49. The fourth-order valence-electron chi connectivity index (χ4n) is 4.12. The van der Waals surface area contributed by atoms with Crippen molar-refractivity contribution in [3.05, 3.63) is 29.8 Å². The van der Waals surface area contributed by atoms with Gasteiger partial charge in [0.2, 0.25) is 0 Å². The lowest BCUT2D eigenvalue weighted by Gasteiger charge is -2.45. The topological polar surface area (TPSA) is 77.2 Å². The van der Waals surface area contributed by atoms with Gasteiger partial charge < -0.3 is 5.73 Å². The van der Waals surface area contributed by atoms with Crippen molar-refractivity contribution in [2.24, 2.45) is 17.6 Å². The van der Waals surface area contributed by atoms with Gasteiger partial charge in [-0.2, -0.15) is 13.2 Å². The SMILES string of the molecule is CC(C)(C1CC(CCCC(=O)C2(N)CC2)C1)S(=O)(=O)c1cccc(C(F)(F)F)c1. The maximum Gasteiger partial charge on any atom is 0.416 e. The minimum atomic E-state index is -4.59. The van der Waals surface area contributed by atoms with E-state index in [9.17, 15) is 26.4 Å². The van der Waals surface area contributed by atoms with Crippen LogP contribution >= 0.6 is 0 Å². The van der Waals surface area contributed by atoms with Crippen molar-refractivity contribution in [1.82, 2.24) is 0 Å². The second-order valence-corrected chi connectivity index (χ2v) is 11.7. The number of hydrogen-bond acceptors (Lipinski definition) is 4. The van der Waals surface area contributed by atoms with Gasteiger partial charge in [-0.25, -0.2) is 8.42 Å². The monoisotopic (exact) mass is 431 g/mol. The molecule has 0 radical (unpaired) electrons. The van der Waals surface area contributed by atoms with Crippen LogP contribution in [0.5, 0.6) is 0 Å². The number of carbonyl (C=O) groups is 1. The van der Waals surface area contributed by atoms with E-state index in [1.165, 1.54) is 6.07 Å². The third kappa shape index (κ3) is 4.38. The van der Waals surface area contributed by atoms with Crippen LogP contribution in [0.15, 0.2) is 29.2 Å². The molecule has 0 heterocycles. The molecule has 0 aromatic heterocycles. The number of benzene rings is 1. The molecule has 162 valence electrons. The van der Waals surface area contributed by atoms with Gasteiger partial charge in [0, 0.05) is 6.42 Å². The van der Waals surface area contributed by atoms with E-state index in [0.717, 1.165) is 43.9 Å². The summed E-state index contributed by atoms with van der Waals surface area (Å²) in [6.07, 6.45) is 0.396. The van der Waals surface area contributed by atoms with E-state index in [-0.39, 0.29) is 16.6 Å². The van der Waals surface area contributed by atoms with E-state index in [1.54, 1.807) is 13.8 Å². The number of Topliss-reactive ketones (excluding diaryl/α,β-unsaturated/α-hetero) is 1. The van der Waals surface area contributed by atoms with Crippen LogP contribution in [0.4, 0.5) is 13.2 Å². The largest absolute Gasteiger partial charge is 0.416 e. The van der Waals surface area contributed by atoms with E-state index in [0.29, 0.717) is 25.2 Å². The number of hydrogen-bond donors (Lipinski definition) is 1. The Labute approximate surface area is 170 Å². The second-order valence-electron chi connectivity index (χ2n) is 9.14. The lowest BCUT2D eigenvalue weighted by molar-refractivity contribution is -0.137. The van der Waals surface area contributed by atoms with Gasteiger partial charge >= 0.3 is 6.18 Å². The lowest BCUT2D eigenvalue weighted by Crippen LogP contribution is -2.46. The summed E-state index contributed by atoms with van der Waals surface area (Å²) in [6, 6.07) is 3.96. The number of ketones is 1. The Balaban J connectivity index is 1.59. The van der Waals surface area contributed by atoms with E-state index >= 15 is 0 Å². The van der Waals surface area contributed by atoms with E-state index in [1.807, 2.05) is 0 Å². The lowest BCUT2D eigenvalue weighted by atomic mass is 9.67. The number of nitrogens with two attached hydrogens (primary N) is 1. The first kappa shape index (κ1) is 22.3. The average Bonchev–Trinajstić information content (AvgIpc) is 3.34. The Morgan fingerprint density at radius 1 is 1.21 bits per heavy atom. The molecular weight excluding hydrogens is 403 g/mol. The summed E-state index contributed by atoms with van der Waals surface area (Å²) >= 11 is 0. The molecule has 0 bridgehead atoms. The maximum absolute atomic E-state index is 13.1. The molecule has 0 amide bonds. The van der Waals surface area contributed by atoms with Crippen molar-refractivity contribution in [3.63, 3.8) is 0 Å². The molecule has 0 spiro atoms. The van der Waals surface area contributed by atoms with Gasteiger partial charge in [-0.1, -0.05) is 12.5 Å². The van der Waals surface area contributed by atoms with Crippen LogP contribution < -0.4 is 5.73 Å². The van der Waals surface area contributed by atoms with Crippen LogP contribution in [0, 0.1) is 11.8 Å². The Morgan fingerprint density at radius 2 is 1.83 bits per heavy atom. The van der Waals surface area contributed by atoms with E-state index in [4.69, 9.17) is 5.73 Å². The van der Waals surface area contributed by atoms with Crippen molar-refractivity contribution in [1.29, 1.82) is 0 Å². The summed E-state index contributed by atoms with van der Waals surface area (Å²) in [5.74, 6) is 0.338. The minimum Gasteiger partial charge on any atom is -0.319 e. The molecule has 0 atom stereocenters. The Bertz CT molecular complexity index is 883. The Hall–Kier alpha value is -1.41. The van der Waals surface area contributed by atoms with Crippen LogP contribution in [0.25, 0.3) is 0 Å². The highest BCUT2D eigenvalue weighted by atomic mass is 32.2. The summed E-state index contributed by atoms with van der Waals surface area (Å²) in [5.41, 5.74) is 4.33. The third-order valence-electron chi connectivity index (χ3n) is 6.74. The Kier molecular flexibility index (Phi) is 5.67. The molecule has 1 aromatic rings. The molecule has 8 heteroatoms. The molecule has 0 unspecified atom stereocenters. The molecule has 29 heavy (non-hydrogen) atoms. The number of halogens is 3.